The van der Waals surface area contributed by atoms with E-state index in [1.807, 2.05) is 7.05 Å². The maximum absolute atomic E-state index is 12.1. The molecule has 0 spiro atoms. The summed E-state index contributed by atoms with van der Waals surface area (Å²) in [6, 6.07) is 4.28. The van der Waals surface area contributed by atoms with Crippen LogP contribution < -0.4 is 10.1 Å². The third-order valence-electron chi connectivity index (χ3n) is 4.90. The molecular weight excluding hydrogens is 300 g/mol. The van der Waals surface area contributed by atoms with E-state index in [2.05, 4.69) is 36.2 Å². The number of carbonyl (C=O) groups is 1. The Morgan fingerprint density at radius 2 is 1.83 bits per heavy atom. The molecule has 0 bridgehead atoms. The predicted molar refractivity (Wildman–Crippen MR) is 98.4 cm³/mol. The summed E-state index contributed by atoms with van der Waals surface area (Å²) in [6.07, 6.45) is 6.52. The van der Waals surface area contributed by atoms with E-state index in [0.717, 1.165) is 30.0 Å². The van der Waals surface area contributed by atoms with Crippen LogP contribution in [0.25, 0.3) is 0 Å². The van der Waals surface area contributed by atoms with Gasteiger partial charge in [0.15, 0.2) is 0 Å². The molecule has 1 aliphatic carbocycles. The lowest BCUT2D eigenvalue weighted by Crippen LogP contribution is -2.37. The third kappa shape index (κ3) is 5.52. The highest BCUT2D eigenvalue weighted by Gasteiger charge is 2.15. The SMILES string of the molecule is COc1c(C)cc(CN(C)CC(=O)NCC2CCCCC2)cc1C. The van der Waals surface area contributed by atoms with Gasteiger partial charge in [0.1, 0.15) is 5.75 Å². The summed E-state index contributed by atoms with van der Waals surface area (Å²) in [5, 5.41) is 3.11. The number of carbonyl (C=O) groups excluding carboxylic acids is 1. The fourth-order valence-corrected chi connectivity index (χ4v) is 3.77. The Labute approximate surface area is 146 Å². The maximum atomic E-state index is 12.1. The van der Waals surface area contributed by atoms with Gasteiger partial charge in [-0.05, 0) is 56.3 Å². The van der Waals surface area contributed by atoms with Gasteiger partial charge in [-0.3, -0.25) is 9.69 Å². The fourth-order valence-electron chi connectivity index (χ4n) is 3.77. The van der Waals surface area contributed by atoms with Crippen LogP contribution in [0, 0.1) is 19.8 Å². The summed E-state index contributed by atoms with van der Waals surface area (Å²) in [7, 11) is 3.70. The summed E-state index contributed by atoms with van der Waals surface area (Å²) in [4.78, 5) is 14.2. The lowest BCUT2D eigenvalue weighted by molar-refractivity contribution is -0.122. The van der Waals surface area contributed by atoms with Gasteiger partial charge in [-0.2, -0.15) is 0 Å². The number of methoxy groups -OCH3 is 1. The molecule has 1 fully saturated rings. The average Bonchev–Trinajstić information content (AvgIpc) is 2.53. The standard InChI is InChI=1S/C20H32N2O2/c1-15-10-18(11-16(2)20(15)24-4)13-22(3)14-19(23)21-12-17-8-6-5-7-9-17/h10-11,17H,5-9,12-14H2,1-4H3,(H,21,23). The van der Waals surface area contributed by atoms with E-state index >= 15 is 0 Å². The molecule has 134 valence electrons. The number of nitrogens with zero attached hydrogens (tertiary/aromatic N) is 1. The second kappa shape index (κ2) is 9.07. The summed E-state index contributed by atoms with van der Waals surface area (Å²) in [5.74, 6) is 1.76. The van der Waals surface area contributed by atoms with Crippen molar-refractivity contribution < 1.29 is 9.53 Å². The Hall–Kier alpha value is -1.55. The summed E-state index contributed by atoms with van der Waals surface area (Å²) in [6.45, 7) is 6.17. The van der Waals surface area contributed by atoms with Crippen LogP contribution in [0.4, 0.5) is 0 Å². The highest BCUT2D eigenvalue weighted by molar-refractivity contribution is 5.77. The molecule has 2 rings (SSSR count). The van der Waals surface area contributed by atoms with Crippen molar-refractivity contribution in [2.45, 2.75) is 52.5 Å². The van der Waals surface area contributed by atoms with Gasteiger partial charge in [0, 0.05) is 13.1 Å². The van der Waals surface area contributed by atoms with Gasteiger partial charge in [0.2, 0.25) is 5.91 Å². The molecule has 0 heterocycles. The number of benzene rings is 1. The van der Waals surface area contributed by atoms with Crippen LogP contribution in [0.15, 0.2) is 12.1 Å². The van der Waals surface area contributed by atoms with E-state index < -0.39 is 0 Å². The minimum Gasteiger partial charge on any atom is -0.496 e. The quantitative estimate of drug-likeness (QED) is 0.831. The normalized spacial score (nSPS) is 15.5. The van der Waals surface area contributed by atoms with E-state index in [9.17, 15) is 4.79 Å². The van der Waals surface area contributed by atoms with Gasteiger partial charge in [-0.25, -0.2) is 0 Å². The first-order chi connectivity index (χ1) is 11.5. The summed E-state index contributed by atoms with van der Waals surface area (Å²) in [5.41, 5.74) is 3.50. The van der Waals surface area contributed by atoms with Gasteiger partial charge >= 0.3 is 0 Å². The van der Waals surface area contributed by atoms with Crippen molar-refractivity contribution in [3.63, 3.8) is 0 Å². The number of hydrogen-bond donors (Lipinski definition) is 1. The second-order valence-corrected chi connectivity index (χ2v) is 7.24. The second-order valence-electron chi connectivity index (χ2n) is 7.24. The minimum absolute atomic E-state index is 0.130. The van der Waals surface area contributed by atoms with Crippen molar-refractivity contribution in [1.82, 2.24) is 10.2 Å². The zero-order chi connectivity index (χ0) is 17.5. The Kier molecular flexibility index (Phi) is 7.10. The molecule has 1 amide bonds. The number of ether oxygens (including phenoxy) is 1. The lowest BCUT2D eigenvalue weighted by atomic mass is 9.89. The lowest BCUT2D eigenvalue weighted by Gasteiger charge is -2.23. The smallest absolute Gasteiger partial charge is 0.234 e. The number of nitrogens with one attached hydrogen (secondary N) is 1. The molecule has 0 aliphatic heterocycles. The molecule has 1 aromatic carbocycles. The molecule has 1 aromatic rings. The van der Waals surface area contributed by atoms with Crippen molar-refractivity contribution >= 4 is 5.91 Å². The largest absolute Gasteiger partial charge is 0.496 e. The molecule has 0 saturated heterocycles. The van der Waals surface area contributed by atoms with Crippen LogP contribution in [-0.2, 0) is 11.3 Å². The Balaban J connectivity index is 1.79. The van der Waals surface area contributed by atoms with Crippen LogP contribution in [0.5, 0.6) is 5.75 Å². The Bertz CT molecular complexity index is 528. The van der Waals surface area contributed by atoms with Crippen molar-refractivity contribution in [3.05, 3.63) is 28.8 Å². The molecule has 0 unspecified atom stereocenters. The van der Waals surface area contributed by atoms with Crippen LogP contribution in [0.2, 0.25) is 0 Å². The molecular formula is C20H32N2O2. The van der Waals surface area contributed by atoms with Crippen molar-refractivity contribution in [3.8, 4) is 5.75 Å². The number of amides is 1. The topological polar surface area (TPSA) is 41.6 Å². The number of likely N-dealkylation sites (N-methyl/N-ethyl adjacent to an activating group) is 1. The number of hydrogen-bond acceptors (Lipinski definition) is 3. The van der Waals surface area contributed by atoms with Gasteiger partial charge < -0.3 is 10.1 Å². The highest BCUT2D eigenvalue weighted by Crippen LogP contribution is 2.25. The zero-order valence-corrected chi connectivity index (χ0v) is 15.7. The average molecular weight is 332 g/mol. The fraction of sp³-hybridized carbons (Fsp3) is 0.650. The van der Waals surface area contributed by atoms with Crippen LogP contribution in [0.1, 0.15) is 48.8 Å². The molecule has 1 aliphatic rings. The van der Waals surface area contributed by atoms with E-state index in [0.29, 0.717) is 12.5 Å². The van der Waals surface area contributed by atoms with Crippen LogP contribution in [-0.4, -0.2) is 38.1 Å². The maximum Gasteiger partial charge on any atom is 0.234 e. The molecule has 0 atom stereocenters. The summed E-state index contributed by atoms with van der Waals surface area (Å²) < 4.78 is 5.41. The van der Waals surface area contributed by atoms with Gasteiger partial charge in [0.05, 0.1) is 13.7 Å². The Morgan fingerprint density at radius 1 is 1.21 bits per heavy atom. The van der Waals surface area contributed by atoms with Crippen molar-refractivity contribution in [2.75, 3.05) is 27.2 Å². The molecule has 1 N–H and O–H groups in total. The number of rotatable bonds is 7. The monoisotopic (exact) mass is 332 g/mol. The van der Waals surface area contributed by atoms with E-state index in [4.69, 9.17) is 4.74 Å². The van der Waals surface area contributed by atoms with Crippen LogP contribution in [0.3, 0.4) is 0 Å². The first-order valence-electron chi connectivity index (χ1n) is 9.09. The van der Waals surface area contributed by atoms with Gasteiger partial charge in [-0.1, -0.05) is 31.4 Å². The van der Waals surface area contributed by atoms with Crippen molar-refractivity contribution in [2.24, 2.45) is 5.92 Å². The first kappa shape index (κ1) is 18.8. The Morgan fingerprint density at radius 3 is 2.42 bits per heavy atom. The third-order valence-corrected chi connectivity index (χ3v) is 4.90. The number of aryl methyl sites for hydroxylation is 2. The molecule has 0 aromatic heterocycles. The van der Waals surface area contributed by atoms with E-state index in [1.54, 1.807) is 7.11 Å². The van der Waals surface area contributed by atoms with E-state index in [-0.39, 0.29) is 5.91 Å². The molecule has 0 radical (unpaired) electrons. The minimum atomic E-state index is 0.130. The molecule has 4 heteroatoms. The van der Waals surface area contributed by atoms with Crippen molar-refractivity contribution in [1.29, 1.82) is 0 Å². The predicted octanol–water partition coefficient (Wildman–Crippen LogP) is 3.44. The molecule has 1 saturated carbocycles. The van der Waals surface area contributed by atoms with Gasteiger partial charge in [0.25, 0.3) is 0 Å². The van der Waals surface area contributed by atoms with E-state index in [1.165, 1.54) is 37.7 Å². The highest BCUT2D eigenvalue weighted by atomic mass is 16.5. The molecule has 4 nitrogen and oxygen atoms in total. The first-order valence-corrected chi connectivity index (χ1v) is 9.09. The zero-order valence-electron chi connectivity index (χ0n) is 15.7. The summed E-state index contributed by atoms with van der Waals surface area (Å²) >= 11 is 0. The van der Waals surface area contributed by atoms with Gasteiger partial charge in [-0.15, -0.1) is 0 Å². The molecule has 24 heavy (non-hydrogen) atoms. The van der Waals surface area contributed by atoms with Crippen LogP contribution >= 0.6 is 0 Å².